The molecule has 0 saturated heterocycles. The molecule has 1 amide bonds. The normalized spacial score (nSPS) is 11.4. The number of amides is 1. The van der Waals surface area contributed by atoms with Gasteiger partial charge in [0.15, 0.2) is 0 Å². The average Bonchev–Trinajstić information content (AvgIpc) is 2.48. The van der Waals surface area contributed by atoms with Gasteiger partial charge in [-0.2, -0.15) is 0 Å². The molecule has 2 aromatic carbocycles. The van der Waals surface area contributed by atoms with Crippen LogP contribution in [0.4, 0.5) is 11.4 Å². The van der Waals surface area contributed by atoms with Crippen LogP contribution in [-0.2, 0) is 10.0 Å². The van der Waals surface area contributed by atoms with Crippen molar-refractivity contribution in [2.45, 2.75) is 26.7 Å². The summed E-state index contributed by atoms with van der Waals surface area (Å²) in [6.45, 7) is 5.95. The number of carbonyl (C=O) groups is 1. The van der Waals surface area contributed by atoms with Crippen LogP contribution in [-0.4, -0.2) is 20.6 Å². The molecule has 0 spiro atoms. The van der Waals surface area contributed by atoms with E-state index in [9.17, 15) is 13.2 Å². The van der Waals surface area contributed by atoms with E-state index < -0.39 is 10.0 Å². The molecule has 0 aliphatic rings. The van der Waals surface area contributed by atoms with Gasteiger partial charge < -0.3 is 5.32 Å². The molecule has 0 aromatic heterocycles. The van der Waals surface area contributed by atoms with Gasteiger partial charge in [0.25, 0.3) is 5.91 Å². The molecule has 0 heterocycles. The highest BCUT2D eigenvalue weighted by molar-refractivity contribution is 7.92. The Morgan fingerprint density at radius 3 is 2.42 bits per heavy atom. The minimum absolute atomic E-state index is 0.285. The lowest BCUT2D eigenvalue weighted by Crippen LogP contribution is -2.14. The fourth-order valence-electron chi connectivity index (χ4n) is 2.25. The van der Waals surface area contributed by atoms with Crippen molar-refractivity contribution >= 4 is 27.3 Å². The third-order valence-electron chi connectivity index (χ3n) is 3.61. The Morgan fingerprint density at radius 1 is 1.08 bits per heavy atom. The molecule has 2 rings (SSSR count). The van der Waals surface area contributed by atoms with Gasteiger partial charge in [0.1, 0.15) is 0 Å². The minimum atomic E-state index is -3.40. The Morgan fingerprint density at radius 2 is 1.79 bits per heavy atom. The highest BCUT2D eigenvalue weighted by Crippen LogP contribution is 2.21. The first-order valence-electron chi connectivity index (χ1n) is 7.65. The van der Waals surface area contributed by atoms with E-state index in [0.29, 0.717) is 22.9 Å². The van der Waals surface area contributed by atoms with E-state index in [-0.39, 0.29) is 5.91 Å². The predicted octanol–water partition coefficient (Wildman–Crippen LogP) is 3.74. The summed E-state index contributed by atoms with van der Waals surface area (Å²) in [5.74, 6) is 0.0826. The van der Waals surface area contributed by atoms with Gasteiger partial charge in [0.2, 0.25) is 10.0 Å². The Bertz CT molecular complexity index is 858. The summed E-state index contributed by atoms with van der Waals surface area (Å²) in [6.07, 6.45) is 1.08. The number of sulfonamides is 1. The number of hydrogen-bond acceptors (Lipinski definition) is 3. The molecule has 5 nitrogen and oxygen atoms in total. The van der Waals surface area contributed by atoms with Gasteiger partial charge in [-0.1, -0.05) is 32.0 Å². The Balaban J connectivity index is 2.24. The lowest BCUT2D eigenvalue weighted by atomic mass is 10.0. The number of anilines is 2. The maximum Gasteiger partial charge on any atom is 0.255 e. The fraction of sp³-hybridized carbons (Fsp3) is 0.278. The van der Waals surface area contributed by atoms with Crippen LogP contribution in [0.1, 0.15) is 41.3 Å². The SMILES string of the molecule is Cc1ccc(C(=O)Nc2cccc(C(C)C)c2)cc1NS(C)(=O)=O. The number of carbonyl (C=O) groups excluding carboxylic acids is 1. The predicted molar refractivity (Wildman–Crippen MR) is 98.1 cm³/mol. The topological polar surface area (TPSA) is 75.3 Å². The van der Waals surface area contributed by atoms with E-state index in [2.05, 4.69) is 23.9 Å². The lowest BCUT2D eigenvalue weighted by Gasteiger charge is -2.12. The van der Waals surface area contributed by atoms with E-state index in [1.165, 1.54) is 6.07 Å². The Labute approximate surface area is 143 Å². The maximum absolute atomic E-state index is 12.4. The second-order valence-electron chi connectivity index (χ2n) is 6.14. The van der Waals surface area contributed by atoms with Crippen molar-refractivity contribution < 1.29 is 13.2 Å². The van der Waals surface area contributed by atoms with E-state index in [1.807, 2.05) is 24.3 Å². The van der Waals surface area contributed by atoms with E-state index in [1.54, 1.807) is 19.1 Å². The second-order valence-corrected chi connectivity index (χ2v) is 7.89. The molecular formula is C18H22N2O3S. The fourth-order valence-corrected chi connectivity index (χ4v) is 2.87. The first kappa shape index (κ1) is 18.0. The first-order valence-corrected chi connectivity index (χ1v) is 9.54. The molecule has 0 atom stereocenters. The zero-order valence-electron chi connectivity index (χ0n) is 14.3. The number of benzene rings is 2. The molecule has 2 aromatic rings. The summed E-state index contributed by atoms with van der Waals surface area (Å²) in [4.78, 5) is 12.4. The lowest BCUT2D eigenvalue weighted by molar-refractivity contribution is 0.102. The van der Waals surface area contributed by atoms with Crippen molar-refractivity contribution in [2.75, 3.05) is 16.3 Å². The molecule has 0 bridgehead atoms. The summed E-state index contributed by atoms with van der Waals surface area (Å²) in [5.41, 5.74) is 3.39. The molecule has 24 heavy (non-hydrogen) atoms. The molecule has 0 aliphatic carbocycles. The van der Waals surface area contributed by atoms with Crippen molar-refractivity contribution in [1.82, 2.24) is 0 Å². The minimum Gasteiger partial charge on any atom is -0.322 e. The monoisotopic (exact) mass is 346 g/mol. The van der Waals surface area contributed by atoms with Gasteiger partial charge in [0, 0.05) is 11.3 Å². The van der Waals surface area contributed by atoms with Gasteiger partial charge in [-0.05, 0) is 48.2 Å². The van der Waals surface area contributed by atoms with Crippen LogP contribution in [0.3, 0.4) is 0 Å². The van der Waals surface area contributed by atoms with Crippen molar-refractivity contribution in [1.29, 1.82) is 0 Å². The van der Waals surface area contributed by atoms with Crippen LogP contribution in [0.25, 0.3) is 0 Å². The number of aryl methyl sites for hydroxylation is 1. The van der Waals surface area contributed by atoms with E-state index >= 15 is 0 Å². The standard InChI is InChI=1S/C18H22N2O3S/c1-12(2)14-6-5-7-16(10-14)19-18(21)15-9-8-13(3)17(11-15)20-24(4,22)23/h5-12,20H,1-4H3,(H,19,21). The molecule has 6 heteroatoms. The number of rotatable bonds is 5. The molecule has 128 valence electrons. The van der Waals surface area contributed by atoms with Gasteiger partial charge >= 0.3 is 0 Å². The average molecular weight is 346 g/mol. The van der Waals surface area contributed by atoms with Crippen molar-refractivity contribution in [2.24, 2.45) is 0 Å². The van der Waals surface area contributed by atoms with Crippen LogP contribution < -0.4 is 10.0 Å². The second kappa shape index (κ2) is 7.05. The Kier molecular flexibility index (Phi) is 5.29. The summed E-state index contributed by atoms with van der Waals surface area (Å²) in [5, 5.41) is 2.85. The van der Waals surface area contributed by atoms with Crippen molar-refractivity contribution in [3.8, 4) is 0 Å². The molecular weight excluding hydrogens is 324 g/mol. The van der Waals surface area contributed by atoms with Crippen LogP contribution in [0.5, 0.6) is 0 Å². The molecule has 0 fully saturated rings. The summed E-state index contributed by atoms with van der Waals surface area (Å²) in [7, 11) is -3.40. The van der Waals surface area contributed by atoms with Crippen LogP contribution in [0.15, 0.2) is 42.5 Å². The van der Waals surface area contributed by atoms with Crippen LogP contribution >= 0.6 is 0 Å². The summed E-state index contributed by atoms with van der Waals surface area (Å²) in [6, 6.07) is 12.6. The van der Waals surface area contributed by atoms with Gasteiger partial charge in [-0.25, -0.2) is 8.42 Å². The Hall–Kier alpha value is -2.34. The van der Waals surface area contributed by atoms with Gasteiger partial charge in [-0.15, -0.1) is 0 Å². The number of hydrogen-bond donors (Lipinski definition) is 2. The quantitative estimate of drug-likeness (QED) is 0.866. The van der Waals surface area contributed by atoms with E-state index in [4.69, 9.17) is 0 Å². The number of nitrogens with one attached hydrogen (secondary N) is 2. The van der Waals surface area contributed by atoms with Gasteiger partial charge in [-0.3, -0.25) is 9.52 Å². The molecule has 2 N–H and O–H groups in total. The van der Waals surface area contributed by atoms with Crippen molar-refractivity contribution in [3.63, 3.8) is 0 Å². The third kappa shape index (κ3) is 4.83. The third-order valence-corrected chi connectivity index (χ3v) is 4.20. The smallest absolute Gasteiger partial charge is 0.255 e. The highest BCUT2D eigenvalue weighted by Gasteiger charge is 2.11. The van der Waals surface area contributed by atoms with Gasteiger partial charge in [0.05, 0.1) is 11.9 Å². The van der Waals surface area contributed by atoms with Crippen LogP contribution in [0.2, 0.25) is 0 Å². The first-order chi connectivity index (χ1) is 11.2. The van der Waals surface area contributed by atoms with E-state index in [0.717, 1.165) is 17.4 Å². The molecule has 0 radical (unpaired) electrons. The zero-order chi connectivity index (χ0) is 17.9. The van der Waals surface area contributed by atoms with Crippen LogP contribution in [0, 0.1) is 6.92 Å². The van der Waals surface area contributed by atoms with Crippen molar-refractivity contribution in [3.05, 3.63) is 59.2 Å². The molecule has 0 aliphatic heterocycles. The summed E-state index contributed by atoms with van der Waals surface area (Å²) < 4.78 is 25.3. The largest absolute Gasteiger partial charge is 0.322 e. The highest BCUT2D eigenvalue weighted by atomic mass is 32.2. The molecule has 0 unspecified atom stereocenters. The molecule has 0 saturated carbocycles. The summed E-state index contributed by atoms with van der Waals surface area (Å²) >= 11 is 0. The maximum atomic E-state index is 12.4. The zero-order valence-corrected chi connectivity index (χ0v) is 15.1.